The first kappa shape index (κ1) is 14.2. The molecule has 8 heteroatoms. The number of aliphatic imine (C=N–C) groups is 1. The second kappa shape index (κ2) is 4.40. The van der Waals surface area contributed by atoms with Gasteiger partial charge in [-0.1, -0.05) is 11.6 Å². The number of nitriles is 1. The van der Waals surface area contributed by atoms with E-state index in [1.54, 1.807) is 20.0 Å². The van der Waals surface area contributed by atoms with E-state index >= 15 is 0 Å². The van der Waals surface area contributed by atoms with E-state index in [0.29, 0.717) is 14.8 Å². The first-order valence-electron chi connectivity index (χ1n) is 5.34. The molecule has 0 aromatic carbocycles. The molecule has 1 aromatic rings. The van der Waals surface area contributed by atoms with E-state index in [-0.39, 0.29) is 11.7 Å². The molecule has 0 amide bonds. The number of rotatable bonds is 1. The Bertz CT molecular complexity index is 701. The summed E-state index contributed by atoms with van der Waals surface area (Å²) in [6, 6.07) is 3.63. The van der Waals surface area contributed by atoms with Crippen molar-refractivity contribution >= 4 is 44.5 Å². The van der Waals surface area contributed by atoms with Gasteiger partial charge in [-0.2, -0.15) is 5.26 Å². The van der Waals surface area contributed by atoms with E-state index in [0.717, 1.165) is 0 Å². The van der Waals surface area contributed by atoms with E-state index in [2.05, 4.69) is 10.9 Å². The quantitative estimate of drug-likeness (QED) is 0.795. The van der Waals surface area contributed by atoms with Crippen LogP contribution in [0.15, 0.2) is 11.1 Å². The van der Waals surface area contributed by atoms with Crippen LogP contribution in [0.2, 0.25) is 5.02 Å². The summed E-state index contributed by atoms with van der Waals surface area (Å²) in [5, 5.41) is 9.36. The van der Waals surface area contributed by atoms with Crippen molar-refractivity contribution in [2.75, 3.05) is 12.8 Å². The molecular weight excluding hydrogens is 304 g/mol. The van der Waals surface area contributed by atoms with Gasteiger partial charge in [-0.25, -0.2) is 9.20 Å². The topological polar surface area (TPSA) is 82.5 Å². The van der Waals surface area contributed by atoms with Gasteiger partial charge >= 0.3 is 0 Å². The Balaban J connectivity index is 2.61. The highest BCUT2D eigenvalue weighted by atomic mass is 35.5. The molecule has 0 fully saturated rings. The van der Waals surface area contributed by atoms with Crippen molar-refractivity contribution in [3.63, 3.8) is 0 Å². The third-order valence-corrected chi connectivity index (χ3v) is 6.88. The predicted molar refractivity (Wildman–Crippen MR) is 80.9 cm³/mol. The minimum atomic E-state index is -2.54. The van der Waals surface area contributed by atoms with Crippen LogP contribution in [0, 0.1) is 11.3 Å². The molecule has 2 N–H and O–H groups in total. The first-order chi connectivity index (χ1) is 8.69. The number of nitrogens with two attached hydrogens (primary N) is 1. The van der Waals surface area contributed by atoms with E-state index < -0.39 is 15.2 Å². The molecule has 0 bridgehead atoms. The molecule has 0 radical (unpaired) electrons. The maximum atomic E-state index is 12.5. The van der Waals surface area contributed by atoms with Crippen molar-refractivity contribution in [1.82, 2.24) is 4.31 Å². The Morgan fingerprint density at radius 1 is 1.79 bits per heavy atom. The van der Waals surface area contributed by atoms with Crippen LogP contribution < -0.4 is 5.73 Å². The lowest BCUT2D eigenvalue weighted by Crippen LogP contribution is -2.50. The van der Waals surface area contributed by atoms with Gasteiger partial charge in [-0.15, -0.1) is 11.3 Å². The van der Waals surface area contributed by atoms with Crippen molar-refractivity contribution in [2.24, 2.45) is 10.7 Å². The SMILES string of the molecule is C=S1(=O)C[C@@](C)(c2sc(C#N)cc2Cl)N=C(N)N1C. The fourth-order valence-corrected chi connectivity index (χ4v) is 5.15. The molecule has 1 aromatic heterocycles. The summed E-state index contributed by atoms with van der Waals surface area (Å²) in [7, 11) is -0.936. The third kappa shape index (κ3) is 2.31. The molecule has 0 saturated heterocycles. The third-order valence-electron chi connectivity index (χ3n) is 2.98. The molecule has 2 rings (SSSR count). The van der Waals surface area contributed by atoms with Crippen molar-refractivity contribution in [1.29, 1.82) is 5.26 Å². The number of halogens is 1. The fraction of sp³-hybridized carbons (Fsp3) is 0.364. The minimum absolute atomic E-state index is 0.164. The number of thiophene rings is 1. The maximum absolute atomic E-state index is 12.5. The highest BCUT2D eigenvalue weighted by Gasteiger charge is 2.39. The van der Waals surface area contributed by atoms with Crippen LogP contribution in [0.1, 0.15) is 16.7 Å². The molecule has 0 aliphatic carbocycles. The van der Waals surface area contributed by atoms with Crippen LogP contribution in [0.25, 0.3) is 0 Å². The molecule has 2 atom stereocenters. The second-order valence-corrected chi connectivity index (χ2v) is 8.40. The Hall–Kier alpha value is -1.23. The lowest BCUT2D eigenvalue weighted by Gasteiger charge is -2.36. The van der Waals surface area contributed by atoms with Gasteiger partial charge in [0.05, 0.1) is 25.4 Å². The van der Waals surface area contributed by atoms with E-state index in [4.69, 9.17) is 22.6 Å². The van der Waals surface area contributed by atoms with Crippen molar-refractivity contribution in [2.45, 2.75) is 12.5 Å². The van der Waals surface area contributed by atoms with Crippen LogP contribution in [0.5, 0.6) is 0 Å². The fourth-order valence-electron chi connectivity index (χ4n) is 1.97. The molecule has 2 heterocycles. The normalized spacial score (nSPS) is 30.8. The zero-order chi connectivity index (χ0) is 14.4. The van der Waals surface area contributed by atoms with Crippen LogP contribution in [-0.2, 0) is 15.2 Å². The number of guanidine groups is 1. The van der Waals surface area contributed by atoms with Gasteiger partial charge in [0.1, 0.15) is 16.5 Å². The van der Waals surface area contributed by atoms with Crippen LogP contribution in [-0.4, -0.2) is 33.1 Å². The van der Waals surface area contributed by atoms with E-state index in [9.17, 15) is 4.21 Å². The molecule has 0 spiro atoms. The van der Waals surface area contributed by atoms with Gasteiger partial charge in [0.2, 0.25) is 5.96 Å². The molecule has 102 valence electrons. The lowest BCUT2D eigenvalue weighted by molar-refractivity contribution is 0.522. The van der Waals surface area contributed by atoms with Gasteiger partial charge in [0.25, 0.3) is 0 Å². The van der Waals surface area contributed by atoms with Crippen molar-refractivity contribution in [3.8, 4) is 6.07 Å². The smallest absolute Gasteiger partial charge is 0.203 e. The lowest BCUT2D eigenvalue weighted by atomic mass is 10.0. The Kier molecular flexibility index (Phi) is 3.29. The predicted octanol–water partition coefficient (Wildman–Crippen LogP) is 1.38. The largest absolute Gasteiger partial charge is 0.369 e. The van der Waals surface area contributed by atoms with Gasteiger partial charge in [-0.3, -0.25) is 4.31 Å². The van der Waals surface area contributed by atoms with Crippen molar-refractivity contribution < 1.29 is 4.21 Å². The van der Waals surface area contributed by atoms with Crippen LogP contribution in [0.4, 0.5) is 0 Å². The van der Waals surface area contributed by atoms with Gasteiger partial charge in [0, 0.05) is 7.05 Å². The summed E-state index contributed by atoms with van der Waals surface area (Å²) in [4.78, 5) is 5.57. The van der Waals surface area contributed by atoms with Crippen molar-refractivity contribution in [3.05, 3.63) is 20.8 Å². The maximum Gasteiger partial charge on any atom is 0.203 e. The summed E-state index contributed by atoms with van der Waals surface area (Å²) in [5.41, 5.74) is 5.00. The highest BCUT2D eigenvalue weighted by Crippen LogP contribution is 2.40. The summed E-state index contributed by atoms with van der Waals surface area (Å²) >= 11 is 7.39. The standard InChI is InChI=1S/C11H13ClN4OS2/c1-11(9-8(12)4-7(5-13)18-9)6-19(3,17)16(2)10(14)15-11/h4H,3,6H2,1-2H3,(H2,14,15)/t11-,19?/m0/s1. The second-order valence-electron chi connectivity index (χ2n) is 4.56. The highest BCUT2D eigenvalue weighted by molar-refractivity contribution is 7.98. The van der Waals surface area contributed by atoms with Crippen LogP contribution >= 0.6 is 22.9 Å². The zero-order valence-corrected chi connectivity index (χ0v) is 12.9. The first-order valence-corrected chi connectivity index (χ1v) is 8.38. The Labute approximate surface area is 121 Å². The zero-order valence-electron chi connectivity index (χ0n) is 10.5. The van der Waals surface area contributed by atoms with Gasteiger partial charge < -0.3 is 5.73 Å². The molecule has 5 nitrogen and oxygen atoms in total. The minimum Gasteiger partial charge on any atom is -0.369 e. The molecule has 1 aliphatic rings. The van der Waals surface area contributed by atoms with E-state index in [1.165, 1.54) is 15.6 Å². The van der Waals surface area contributed by atoms with E-state index in [1.807, 2.05) is 6.07 Å². The summed E-state index contributed by atoms with van der Waals surface area (Å²) in [5.74, 6) is 4.10. The molecule has 0 saturated carbocycles. The number of hydrogen-bond donors (Lipinski definition) is 1. The summed E-state index contributed by atoms with van der Waals surface area (Å²) in [6.45, 7) is 1.80. The summed E-state index contributed by atoms with van der Waals surface area (Å²) in [6.07, 6.45) is 0. The summed E-state index contributed by atoms with van der Waals surface area (Å²) < 4.78 is 13.9. The van der Waals surface area contributed by atoms with Gasteiger partial charge in [-0.05, 0) is 18.9 Å². The Morgan fingerprint density at radius 3 is 2.89 bits per heavy atom. The molecule has 1 unspecified atom stereocenters. The number of hydrogen-bond acceptors (Lipinski definition) is 5. The van der Waals surface area contributed by atoms with Crippen LogP contribution in [0.3, 0.4) is 0 Å². The average Bonchev–Trinajstić information content (AvgIpc) is 2.67. The molecule has 1 aliphatic heterocycles. The molecular formula is C11H13ClN4OS2. The average molecular weight is 317 g/mol. The monoisotopic (exact) mass is 316 g/mol. The Morgan fingerprint density at radius 2 is 2.42 bits per heavy atom. The molecule has 19 heavy (non-hydrogen) atoms. The number of nitrogens with zero attached hydrogens (tertiary/aromatic N) is 3. The van der Waals surface area contributed by atoms with Gasteiger partial charge in [0.15, 0.2) is 0 Å².